The Morgan fingerprint density at radius 1 is 1.08 bits per heavy atom. The minimum absolute atomic E-state index is 0.202. The molecular formula is C20H17NO5. The van der Waals surface area contributed by atoms with E-state index in [-0.39, 0.29) is 17.7 Å². The number of aromatic hydroxyl groups is 1. The molecule has 2 aromatic carbocycles. The van der Waals surface area contributed by atoms with E-state index >= 15 is 0 Å². The van der Waals surface area contributed by atoms with Gasteiger partial charge < -0.3 is 19.9 Å². The third-order valence-corrected chi connectivity index (χ3v) is 4.31. The molecule has 3 N–H and O–H groups in total. The number of nitrogens with zero attached hydrogens (tertiary/aromatic N) is 1. The number of aromatic carboxylic acids is 1. The van der Waals surface area contributed by atoms with E-state index in [1.165, 1.54) is 6.20 Å². The highest BCUT2D eigenvalue weighted by Crippen LogP contribution is 2.26. The van der Waals surface area contributed by atoms with Crippen LogP contribution in [0.4, 0.5) is 0 Å². The summed E-state index contributed by atoms with van der Waals surface area (Å²) in [4.78, 5) is 23.2. The standard InChI is InChI=1S/C20H17NO5/c1-12-17(11-22)21(10-18(23)19(12)24)14-8-6-13(7-9-14)15-4-2-3-5-16(15)20(25)26/h2-10,22-23H,11H2,1H3,(H,25,26). The van der Waals surface area contributed by atoms with Gasteiger partial charge in [0.15, 0.2) is 5.75 Å². The smallest absolute Gasteiger partial charge is 0.336 e. The summed E-state index contributed by atoms with van der Waals surface area (Å²) in [6.45, 7) is 1.19. The zero-order valence-corrected chi connectivity index (χ0v) is 14.0. The number of aliphatic hydroxyl groups excluding tert-OH is 1. The van der Waals surface area contributed by atoms with Gasteiger partial charge in [0.1, 0.15) is 0 Å². The molecule has 3 aromatic rings. The zero-order valence-electron chi connectivity index (χ0n) is 14.0. The van der Waals surface area contributed by atoms with Gasteiger partial charge in [0, 0.05) is 11.3 Å². The van der Waals surface area contributed by atoms with E-state index in [1.807, 2.05) is 0 Å². The molecule has 0 saturated heterocycles. The second-order valence-electron chi connectivity index (χ2n) is 5.84. The summed E-state index contributed by atoms with van der Waals surface area (Å²) < 4.78 is 1.54. The van der Waals surface area contributed by atoms with E-state index in [1.54, 1.807) is 60.0 Å². The zero-order chi connectivity index (χ0) is 18.8. The second-order valence-corrected chi connectivity index (χ2v) is 5.84. The van der Waals surface area contributed by atoms with Crippen molar-refractivity contribution >= 4 is 5.97 Å². The predicted molar refractivity (Wildman–Crippen MR) is 96.8 cm³/mol. The van der Waals surface area contributed by atoms with Crippen molar-refractivity contribution in [2.45, 2.75) is 13.5 Å². The third kappa shape index (κ3) is 2.98. The van der Waals surface area contributed by atoms with Crippen LogP contribution >= 0.6 is 0 Å². The van der Waals surface area contributed by atoms with Gasteiger partial charge in [-0.25, -0.2) is 4.79 Å². The molecule has 0 radical (unpaired) electrons. The normalized spacial score (nSPS) is 10.7. The minimum Gasteiger partial charge on any atom is -0.503 e. The largest absolute Gasteiger partial charge is 0.503 e. The van der Waals surface area contributed by atoms with Crippen LogP contribution < -0.4 is 5.43 Å². The molecule has 0 aliphatic rings. The first kappa shape index (κ1) is 17.4. The van der Waals surface area contributed by atoms with Crippen molar-refractivity contribution in [1.29, 1.82) is 0 Å². The summed E-state index contributed by atoms with van der Waals surface area (Å²) in [5, 5.41) is 28.7. The first-order valence-electron chi connectivity index (χ1n) is 7.92. The van der Waals surface area contributed by atoms with Crippen LogP contribution in [0.1, 0.15) is 21.6 Å². The molecule has 0 unspecified atom stereocenters. The monoisotopic (exact) mass is 351 g/mol. The van der Waals surface area contributed by atoms with E-state index in [4.69, 9.17) is 0 Å². The van der Waals surface area contributed by atoms with E-state index < -0.39 is 17.1 Å². The SMILES string of the molecule is Cc1c(CO)n(-c2ccc(-c3ccccc3C(=O)O)cc2)cc(O)c1=O. The molecule has 132 valence electrons. The van der Waals surface area contributed by atoms with Crippen molar-refractivity contribution in [2.75, 3.05) is 0 Å². The maximum atomic E-state index is 11.8. The number of aliphatic hydroxyl groups is 1. The Kier molecular flexibility index (Phi) is 4.60. The Morgan fingerprint density at radius 3 is 2.35 bits per heavy atom. The van der Waals surface area contributed by atoms with Crippen molar-refractivity contribution in [3.05, 3.63) is 81.8 Å². The third-order valence-electron chi connectivity index (χ3n) is 4.31. The summed E-state index contributed by atoms with van der Waals surface area (Å²) in [7, 11) is 0. The molecule has 1 heterocycles. The Morgan fingerprint density at radius 2 is 1.73 bits per heavy atom. The van der Waals surface area contributed by atoms with Gasteiger partial charge in [0.25, 0.3) is 0 Å². The predicted octanol–water partition coefficient (Wildman–Crippen LogP) is 2.71. The molecule has 6 heteroatoms. The second kappa shape index (κ2) is 6.85. The maximum absolute atomic E-state index is 11.8. The highest BCUT2D eigenvalue weighted by molar-refractivity contribution is 5.96. The van der Waals surface area contributed by atoms with Crippen molar-refractivity contribution in [3.63, 3.8) is 0 Å². The molecule has 0 spiro atoms. The molecule has 0 saturated carbocycles. The molecule has 0 fully saturated rings. The number of benzene rings is 2. The number of carboxylic acids is 1. The number of pyridine rings is 1. The van der Waals surface area contributed by atoms with Crippen LogP contribution in [0.3, 0.4) is 0 Å². The van der Waals surface area contributed by atoms with Crippen LogP contribution in [-0.2, 0) is 6.61 Å². The lowest BCUT2D eigenvalue weighted by Gasteiger charge is -2.15. The topological polar surface area (TPSA) is 99.8 Å². The minimum atomic E-state index is -1.01. The van der Waals surface area contributed by atoms with Crippen molar-refractivity contribution < 1.29 is 20.1 Å². The van der Waals surface area contributed by atoms with Gasteiger partial charge in [-0.15, -0.1) is 0 Å². The van der Waals surface area contributed by atoms with Gasteiger partial charge in [0.2, 0.25) is 5.43 Å². The van der Waals surface area contributed by atoms with E-state index in [0.717, 1.165) is 5.56 Å². The number of carbonyl (C=O) groups is 1. The summed E-state index contributed by atoms with van der Waals surface area (Å²) in [6, 6.07) is 13.7. The average Bonchev–Trinajstić information content (AvgIpc) is 2.66. The van der Waals surface area contributed by atoms with Gasteiger partial charge in [-0.3, -0.25) is 4.79 Å². The number of hydrogen-bond acceptors (Lipinski definition) is 4. The molecule has 0 aliphatic carbocycles. The summed E-state index contributed by atoms with van der Waals surface area (Å²) in [5.74, 6) is -1.41. The fraction of sp³-hybridized carbons (Fsp3) is 0.100. The van der Waals surface area contributed by atoms with Crippen molar-refractivity contribution in [1.82, 2.24) is 4.57 Å². The number of hydrogen-bond donors (Lipinski definition) is 3. The quantitative estimate of drug-likeness (QED) is 0.671. The van der Waals surface area contributed by atoms with Gasteiger partial charge in [-0.05, 0) is 36.2 Å². The van der Waals surface area contributed by atoms with Crippen LogP contribution in [0, 0.1) is 6.92 Å². The van der Waals surface area contributed by atoms with E-state index in [2.05, 4.69) is 0 Å². The molecule has 0 bridgehead atoms. The maximum Gasteiger partial charge on any atom is 0.336 e. The number of rotatable bonds is 4. The first-order chi connectivity index (χ1) is 12.4. The lowest BCUT2D eigenvalue weighted by molar-refractivity contribution is 0.0697. The van der Waals surface area contributed by atoms with Gasteiger partial charge in [-0.1, -0.05) is 30.3 Å². The van der Waals surface area contributed by atoms with E-state index in [0.29, 0.717) is 16.9 Å². The van der Waals surface area contributed by atoms with Gasteiger partial charge in [-0.2, -0.15) is 0 Å². The Labute approximate surface area is 149 Å². The van der Waals surface area contributed by atoms with E-state index in [9.17, 15) is 24.9 Å². The fourth-order valence-electron chi connectivity index (χ4n) is 2.91. The number of carboxylic acid groups (broad SMARTS) is 1. The van der Waals surface area contributed by atoms with Crippen LogP contribution in [0.25, 0.3) is 16.8 Å². The molecule has 6 nitrogen and oxygen atoms in total. The number of aromatic nitrogens is 1. The molecule has 26 heavy (non-hydrogen) atoms. The van der Waals surface area contributed by atoms with Crippen LogP contribution in [-0.4, -0.2) is 25.9 Å². The molecular weight excluding hydrogens is 334 g/mol. The fourth-order valence-corrected chi connectivity index (χ4v) is 2.91. The molecule has 0 aliphatic heterocycles. The first-order valence-corrected chi connectivity index (χ1v) is 7.92. The van der Waals surface area contributed by atoms with Gasteiger partial charge >= 0.3 is 5.97 Å². The summed E-state index contributed by atoms with van der Waals surface area (Å²) in [6.07, 6.45) is 1.26. The summed E-state index contributed by atoms with van der Waals surface area (Å²) in [5.41, 5.74) is 2.28. The molecule has 1 aromatic heterocycles. The highest BCUT2D eigenvalue weighted by Gasteiger charge is 2.14. The molecule has 0 amide bonds. The van der Waals surface area contributed by atoms with Crippen LogP contribution in [0.2, 0.25) is 0 Å². The Hall–Kier alpha value is -3.38. The van der Waals surface area contributed by atoms with Crippen LogP contribution in [0.15, 0.2) is 59.5 Å². The lowest BCUT2D eigenvalue weighted by Crippen LogP contribution is -2.16. The molecule has 0 atom stereocenters. The molecule has 3 rings (SSSR count). The summed E-state index contributed by atoms with van der Waals surface area (Å²) >= 11 is 0. The average molecular weight is 351 g/mol. The van der Waals surface area contributed by atoms with Crippen molar-refractivity contribution in [3.8, 4) is 22.6 Å². The van der Waals surface area contributed by atoms with Crippen molar-refractivity contribution in [2.24, 2.45) is 0 Å². The highest BCUT2D eigenvalue weighted by atomic mass is 16.4. The lowest BCUT2D eigenvalue weighted by atomic mass is 9.99. The Balaban J connectivity index is 2.10. The van der Waals surface area contributed by atoms with Gasteiger partial charge in [0.05, 0.1) is 24.1 Å². The van der Waals surface area contributed by atoms with Crippen LogP contribution in [0.5, 0.6) is 5.75 Å². The Bertz CT molecular complexity index is 1040.